The standard InChI is InChI=1S/C15H17ClN2OS/c1-10(15-18-11(2)9-20-15)8-17-14(19)7-12-5-3-4-6-13(12)16/h3-6,9-10H,7-8H2,1-2H3,(H,17,19)/t10-/m1/s1. The highest BCUT2D eigenvalue weighted by molar-refractivity contribution is 7.09. The van der Waals surface area contributed by atoms with Crippen molar-refractivity contribution in [3.8, 4) is 0 Å². The largest absolute Gasteiger partial charge is 0.355 e. The molecule has 0 aliphatic carbocycles. The van der Waals surface area contributed by atoms with E-state index in [0.29, 0.717) is 18.0 Å². The fourth-order valence-electron chi connectivity index (χ4n) is 1.83. The molecule has 0 radical (unpaired) electrons. The van der Waals surface area contributed by atoms with Gasteiger partial charge in [0.1, 0.15) is 0 Å². The van der Waals surface area contributed by atoms with Gasteiger partial charge in [0, 0.05) is 28.6 Å². The Morgan fingerprint density at radius 1 is 1.45 bits per heavy atom. The van der Waals surface area contributed by atoms with Gasteiger partial charge < -0.3 is 5.32 Å². The monoisotopic (exact) mass is 308 g/mol. The lowest BCUT2D eigenvalue weighted by Gasteiger charge is -2.10. The van der Waals surface area contributed by atoms with Gasteiger partial charge in [-0.05, 0) is 18.6 Å². The van der Waals surface area contributed by atoms with E-state index in [1.54, 1.807) is 17.4 Å². The summed E-state index contributed by atoms with van der Waals surface area (Å²) in [6.45, 7) is 4.63. The molecule has 1 heterocycles. The number of nitrogens with zero attached hydrogens (tertiary/aromatic N) is 1. The molecule has 20 heavy (non-hydrogen) atoms. The Kier molecular flexibility index (Phi) is 5.15. The second kappa shape index (κ2) is 6.86. The Hall–Kier alpha value is -1.39. The van der Waals surface area contributed by atoms with Crippen LogP contribution in [0.4, 0.5) is 0 Å². The van der Waals surface area contributed by atoms with E-state index >= 15 is 0 Å². The molecule has 106 valence electrons. The van der Waals surface area contributed by atoms with Crippen LogP contribution in [0.25, 0.3) is 0 Å². The molecule has 0 unspecified atom stereocenters. The van der Waals surface area contributed by atoms with Gasteiger partial charge in [-0.3, -0.25) is 4.79 Å². The molecule has 0 bridgehead atoms. The number of aromatic nitrogens is 1. The van der Waals surface area contributed by atoms with Gasteiger partial charge in [0.15, 0.2) is 0 Å². The summed E-state index contributed by atoms with van der Waals surface area (Å²) < 4.78 is 0. The third-order valence-electron chi connectivity index (χ3n) is 2.97. The molecular weight excluding hydrogens is 292 g/mol. The van der Waals surface area contributed by atoms with Crippen LogP contribution in [0, 0.1) is 6.92 Å². The van der Waals surface area contributed by atoms with Crippen molar-refractivity contribution >= 4 is 28.8 Å². The molecular formula is C15H17ClN2OS. The minimum absolute atomic E-state index is 0.0155. The molecule has 0 spiro atoms. The predicted molar refractivity (Wildman–Crippen MR) is 83.4 cm³/mol. The van der Waals surface area contributed by atoms with Crippen LogP contribution < -0.4 is 5.32 Å². The Labute approximate surface area is 128 Å². The van der Waals surface area contributed by atoms with Crippen molar-refractivity contribution < 1.29 is 4.79 Å². The molecule has 0 fully saturated rings. The Bertz CT molecular complexity index is 597. The van der Waals surface area contributed by atoms with E-state index in [2.05, 4.69) is 17.2 Å². The lowest BCUT2D eigenvalue weighted by atomic mass is 10.1. The molecule has 2 aromatic rings. The maximum Gasteiger partial charge on any atom is 0.224 e. The normalized spacial score (nSPS) is 12.2. The number of nitrogens with one attached hydrogen (secondary N) is 1. The first-order valence-corrected chi connectivity index (χ1v) is 7.74. The van der Waals surface area contributed by atoms with Crippen molar-refractivity contribution in [1.82, 2.24) is 10.3 Å². The highest BCUT2D eigenvalue weighted by Gasteiger charge is 2.12. The topological polar surface area (TPSA) is 42.0 Å². The van der Waals surface area contributed by atoms with Crippen LogP contribution in [0.15, 0.2) is 29.6 Å². The van der Waals surface area contributed by atoms with E-state index in [4.69, 9.17) is 11.6 Å². The lowest BCUT2D eigenvalue weighted by molar-refractivity contribution is -0.120. The number of carbonyl (C=O) groups is 1. The lowest BCUT2D eigenvalue weighted by Crippen LogP contribution is -2.28. The highest BCUT2D eigenvalue weighted by Crippen LogP contribution is 2.19. The van der Waals surface area contributed by atoms with Crippen molar-refractivity contribution in [2.45, 2.75) is 26.2 Å². The van der Waals surface area contributed by atoms with E-state index < -0.39 is 0 Å². The van der Waals surface area contributed by atoms with Gasteiger partial charge >= 0.3 is 0 Å². The molecule has 2 rings (SSSR count). The van der Waals surface area contributed by atoms with Crippen molar-refractivity contribution in [1.29, 1.82) is 0 Å². The van der Waals surface area contributed by atoms with E-state index in [-0.39, 0.29) is 11.8 Å². The number of benzene rings is 1. The zero-order chi connectivity index (χ0) is 14.5. The number of thiazole rings is 1. The zero-order valence-corrected chi connectivity index (χ0v) is 13.1. The third kappa shape index (κ3) is 4.05. The third-order valence-corrected chi connectivity index (χ3v) is 4.54. The smallest absolute Gasteiger partial charge is 0.224 e. The van der Waals surface area contributed by atoms with Crippen LogP contribution in [0.2, 0.25) is 5.02 Å². The van der Waals surface area contributed by atoms with E-state index in [1.165, 1.54) is 0 Å². The molecule has 1 N–H and O–H groups in total. The molecule has 5 heteroatoms. The van der Waals surface area contributed by atoms with Crippen LogP contribution >= 0.6 is 22.9 Å². The molecule has 1 aromatic carbocycles. The fraction of sp³-hybridized carbons (Fsp3) is 0.333. The van der Waals surface area contributed by atoms with Gasteiger partial charge in [0.25, 0.3) is 0 Å². The summed E-state index contributed by atoms with van der Waals surface area (Å²) in [5, 5.41) is 6.65. The summed E-state index contributed by atoms with van der Waals surface area (Å²) >= 11 is 7.67. The SMILES string of the molecule is Cc1csc([C@H](C)CNC(=O)Cc2ccccc2Cl)n1. The Balaban J connectivity index is 1.85. The number of hydrogen-bond acceptors (Lipinski definition) is 3. The minimum atomic E-state index is -0.0155. The summed E-state index contributed by atoms with van der Waals surface area (Å²) in [6, 6.07) is 7.41. The first-order valence-electron chi connectivity index (χ1n) is 6.48. The molecule has 0 aliphatic rings. The van der Waals surface area contributed by atoms with Gasteiger partial charge in [-0.25, -0.2) is 4.98 Å². The second-order valence-electron chi connectivity index (χ2n) is 4.80. The van der Waals surface area contributed by atoms with Gasteiger partial charge in [-0.1, -0.05) is 36.7 Å². The molecule has 1 amide bonds. The van der Waals surface area contributed by atoms with Gasteiger partial charge in [0.05, 0.1) is 11.4 Å². The van der Waals surface area contributed by atoms with Crippen LogP contribution in [-0.2, 0) is 11.2 Å². The number of hydrogen-bond donors (Lipinski definition) is 1. The maximum atomic E-state index is 11.9. The molecule has 0 saturated heterocycles. The summed E-state index contributed by atoms with van der Waals surface area (Å²) in [5.74, 6) is 0.210. The quantitative estimate of drug-likeness (QED) is 0.917. The molecule has 1 atom stereocenters. The van der Waals surface area contributed by atoms with Gasteiger partial charge in [0.2, 0.25) is 5.91 Å². The van der Waals surface area contributed by atoms with Crippen LogP contribution in [0.3, 0.4) is 0 Å². The summed E-state index contributed by atoms with van der Waals surface area (Å²) in [7, 11) is 0. The highest BCUT2D eigenvalue weighted by atomic mass is 35.5. The van der Waals surface area contributed by atoms with Crippen LogP contribution in [0.5, 0.6) is 0 Å². The van der Waals surface area contributed by atoms with Gasteiger partial charge in [-0.2, -0.15) is 0 Å². The van der Waals surface area contributed by atoms with Crippen molar-refractivity contribution in [2.24, 2.45) is 0 Å². The number of aryl methyl sites for hydroxylation is 1. The average Bonchev–Trinajstić information content (AvgIpc) is 2.85. The summed E-state index contributed by atoms with van der Waals surface area (Å²) in [4.78, 5) is 16.4. The predicted octanol–water partition coefficient (Wildman–Crippen LogP) is 3.57. The van der Waals surface area contributed by atoms with Crippen molar-refractivity contribution in [3.63, 3.8) is 0 Å². The number of halogens is 1. The van der Waals surface area contributed by atoms with E-state index in [9.17, 15) is 4.79 Å². The summed E-state index contributed by atoms with van der Waals surface area (Å²) in [6.07, 6.45) is 0.309. The molecule has 1 aromatic heterocycles. The number of amides is 1. The van der Waals surface area contributed by atoms with Crippen LogP contribution in [-0.4, -0.2) is 17.4 Å². The zero-order valence-electron chi connectivity index (χ0n) is 11.5. The number of carbonyl (C=O) groups excluding carboxylic acids is 1. The van der Waals surface area contributed by atoms with E-state index in [0.717, 1.165) is 16.3 Å². The van der Waals surface area contributed by atoms with Crippen molar-refractivity contribution in [2.75, 3.05) is 6.54 Å². The fourth-order valence-corrected chi connectivity index (χ4v) is 2.89. The molecule has 3 nitrogen and oxygen atoms in total. The van der Waals surface area contributed by atoms with Crippen LogP contribution in [0.1, 0.15) is 29.1 Å². The summed E-state index contributed by atoms with van der Waals surface area (Å²) in [5.41, 5.74) is 1.88. The maximum absolute atomic E-state index is 11.9. The van der Waals surface area contributed by atoms with Crippen molar-refractivity contribution in [3.05, 3.63) is 50.9 Å². The second-order valence-corrected chi connectivity index (χ2v) is 6.10. The van der Waals surface area contributed by atoms with Gasteiger partial charge in [-0.15, -0.1) is 11.3 Å². The Morgan fingerprint density at radius 2 is 2.20 bits per heavy atom. The molecule has 0 aliphatic heterocycles. The first kappa shape index (κ1) is 15.0. The molecule has 0 saturated carbocycles. The first-order chi connectivity index (χ1) is 9.56. The number of rotatable bonds is 5. The van der Waals surface area contributed by atoms with E-state index in [1.807, 2.05) is 30.5 Å². The average molecular weight is 309 g/mol. The minimum Gasteiger partial charge on any atom is -0.355 e. The Morgan fingerprint density at radius 3 is 2.85 bits per heavy atom.